The van der Waals surface area contributed by atoms with Crippen molar-refractivity contribution in [3.05, 3.63) is 76.6 Å². The Morgan fingerprint density at radius 1 is 1.02 bits per heavy atom. The molecule has 1 aliphatic rings. The maximum absolute atomic E-state index is 14.7. The number of methoxy groups -OCH3 is 1. The molecule has 0 saturated heterocycles. The molecule has 2 aromatic carbocycles. The zero-order chi connectivity index (χ0) is 33.7. The summed E-state index contributed by atoms with van der Waals surface area (Å²) in [6.45, 7) is -3.37. The number of pyridine rings is 1. The molecule has 0 spiro atoms. The Labute approximate surface area is 255 Å². The zero-order valence-corrected chi connectivity index (χ0v) is 24.0. The van der Waals surface area contributed by atoms with Crippen molar-refractivity contribution in [2.45, 2.75) is 30.3 Å². The van der Waals surface area contributed by atoms with Crippen LogP contribution in [0.3, 0.4) is 0 Å². The molecule has 2 aromatic heterocycles. The molecule has 0 fully saturated rings. The van der Waals surface area contributed by atoms with E-state index in [0.717, 1.165) is 12.1 Å². The van der Waals surface area contributed by atoms with Gasteiger partial charge in [-0.3, -0.25) is 4.79 Å². The number of aliphatic hydroxyl groups is 1. The van der Waals surface area contributed by atoms with Crippen LogP contribution in [0.15, 0.2) is 48.5 Å². The van der Waals surface area contributed by atoms with Crippen LogP contribution in [0.4, 0.5) is 35.1 Å². The number of alkyl halides is 8. The molecule has 0 aliphatic carbocycles. The highest BCUT2D eigenvalue weighted by Gasteiger charge is 2.57. The molecule has 0 radical (unpaired) electrons. The molecule has 5 rings (SSSR count). The molecular weight excluding hydrogens is 632 g/mol. The lowest BCUT2D eigenvalue weighted by Gasteiger charge is -2.31. The third kappa shape index (κ3) is 5.65. The third-order valence-electron chi connectivity index (χ3n) is 7.69. The largest absolute Gasteiger partial charge is 0.494 e. The van der Waals surface area contributed by atoms with Gasteiger partial charge in [-0.25, -0.2) is 13.8 Å². The van der Waals surface area contributed by atoms with E-state index in [2.05, 4.69) is 15.2 Å². The van der Waals surface area contributed by atoms with E-state index in [1.54, 1.807) is 13.0 Å². The molecule has 46 heavy (non-hydrogen) atoms. The maximum atomic E-state index is 14.7. The van der Waals surface area contributed by atoms with Crippen LogP contribution in [0.2, 0.25) is 0 Å². The van der Waals surface area contributed by atoms with Crippen LogP contribution in [-0.4, -0.2) is 66.0 Å². The van der Waals surface area contributed by atoms with Gasteiger partial charge in [0, 0.05) is 22.1 Å². The summed E-state index contributed by atoms with van der Waals surface area (Å²) in [4.78, 5) is 17.0. The minimum absolute atomic E-state index is 0.0940. The maximum Gasteiger partial charge on any atom is 0.424 e. The monoisotopic (exact) mass is 656 g/mol. The Kier molecular flexibility index (Phi) is 8.30. The fraction of sp³-hybridized carbons (Fsp3) is 0.333. The predicted molar refractivity (Wildman–Crippen MR) is 147 cm³/mol. The first-order chi connectivity index (χ1) is 21.6. The minimum Gasteiger partial charge on any atom is -0.494 e. The molecule has 244 valence electrons. The number of carbonyl (C=O) groups excluding carboxylic acids is 1. The second-order valence-corrected chi connectivity index (χ2v) is 10.8. The van der Waals surface area contributed by atoms with Gasteiger partial charge in [-0.2, -0.15) is 31.4 Å². The van der Waals surface area contributed by atoms with Crippen LogP contribution in [0.25, 0.3) is 22.2 Å². The number of hydrogen-bond acceptors (Lipinski definition) is 7. The van der Waals surface area contributed by atoms with E-state index in [0.29, 0.717) is 29.3 Å². The topological polar surface area (TPSA) is 106 Å². The van der Waals surface area contributed by atoms with Crippen molar-refractivity contribution in [2.24, 2.45) is 0 Å². The van der Waals surface area contributed by atoms with Gasteiger partial charge in [-0.1, -0.05) is 12.1 Å². The molecule has 1 atom stereocenters. The standard InChI is InChI=1S/C30H24F8N4O4/c1-15-7-17-8-18(9-21(45-2)23(17)42-41-15)26(43)39-13-28(44,30(36,37)38)22-10-20-25(46-14-27(20,11-31)12-32)24(40-22)16-3-5-19(6-4-16)29(33,34)35/h3-10,44H,11-14H2,1-2H3,(H,39,43)/t28-/m0/s1. The molecule has 1 amide bonds. The number of nitrogens with zero attached hydrogens (tertiary/aromatic N) is 3. The highest BCUT2D eigenvalue weighted by Crippen LogP contribution is 2.48. The number of fused-ring (bicyclic) bond motifs is 2. The van der Waals surface area contributed by atoms with Gasteiger partial charge < -0.3 is 19.9 Å². The molecular formula is C30H24F8N4O4. The molecule has 2 N–H and O–H groups in total. The average Bonchev–Trinajstić information content (AvgIpc) is 3.40. The highest BCUT2D eigenvalue weighted by atomic mass is 19.4. The van der Waals surface area contributed by atoms with E-state index in [4.69, 9.17) is 9.47 Å². The molecule has 0 bridgehead atoms. The highest BCUT2D eigenvalue weighted by molar-refractivity contribution is 5.99. The van der Waals surface area contributed by atoms with Crippen LogP contribution < -0.4 is 14.8 Å². The Morgan fingerprint density at radius 3 is 2.28 bits per heavy atom. The third-order valence-corrected chi connectivity index (χ3v) is 7.69. The van der Waals surface area contributed by atoms with Crippen molar-refractivity contribution < 1.29 is 54.5 Å². The van der Waals surface area contributed by atoms with Crippen molar-refractivity contribution in [3.8, 4) is 22.8 Å². The van der Waals surface area contributed by atoms with E-state index >= 15 is 0 Å². The van der Waals surface area contributed by atoms with E-state index in [1.165, 1.54) is 19.2 Å². The summed E-state index contributed by atoms with van der Waals surface area (Å²) in [5.74, 6) is -1.32. The molecule has 4 aromatic rings. The Hall–Kier alpha value is -4.60. The normalized spacial score (nSPS) is 15.6. The summed E-state index contributed by atoms with van der Waals surface area (Å²) in [6, 6.07) is 7.82. The molecule has 1 aliphatic heterocycles. The van der Waals surface area contributed by atoms with Crippen molar-refractivity contribution in [2.75, 3.05) is 33.6 Å². The molecule has 0 unspecified atom stereocenters. The Bertz CT molecular complexity index is 1790. The van der Waals surface area contributed by atoms with Gasteiger partial charge in [0.2, 0.25) is 5.60 Å². The number of aromatic nitrogens is 3. The van der Waals surface area contributed by atoms with Crippen LogP contribution in [0.1, 0.15) is 32.9 Å². The van der Waals surface area contributed by atoms with Crippen LogP contribution >= 0.6 is 0 Å². The van der Waals surface area contributed by atoms with Crippen molar-refractivity contribution in [3.63, 3.8) is 0 Å². The van der Waals surface area contributed by atoms with Crippen molar-refractivity contribution in [1.29, 1.82) is 0 Å². The summed E-state index contributed by atoms with van der Waals surface area (Å²) in [5, 5.41) is 21.5. The van der Waals surface area contributed by atoms with Crippen molar-refractivity contribution in [1.82, 2.24) is 20.5 Å². The lowest BCUT2D eigenvalue weighted by Crippen LogP contribution is -2.51. The first kappa shape index (κ1) is 32.8. The van der Waals surface area contributed by atoms with Gasteiger partial charge >= 0.3 is 12.4 Å². The Balaban J connectivity index is 1.59. The number of benzene rings is 2. The second kappa shape index (κ2) is 11.6. The van der Waals surface area contributed by atoms with Crippen LogP contribution in [-0.2, 0) is 17.2 Å². The molecule has 16 heteroatoms. The molecule has 8 nitrogen and oxygen atoms in total. The smallest absolute Gasteiger partial charge is 0.424 e. The number of carbonyl (C=O) groups is 1. The second-order valence-electron chi connectivity index (χ2n) is 10.8. The number of hydrogen-bond donors (Lipinski definition) is 2. The summed E-state index contributed by atoms with van der Waals surface area (Å²) in [5.41, 5.74) is -8.76. The average molecular weight is 657 g/mol. The number of aryl methyl sites for hydroxylation is 1. The van der Waals surface area contributed by atoms with Crippen LogP contribution in [0.5, 0.6) is 11.5 Å². The minimum atomic E-state index is -5.53. The summed E-state index contributed by atoms with van der Waals surface area (Å²) >= 11 is 0. The predicted octanol–water partition coefficient (Wildman–Crippen LogP) is 5.78. The lowest BCUT2D eigenvalue weighted by atomic mass is 9.82. The Morgan fingerprint density at radius 2 is 1.70 bits per heavy atom. The van der Waals surface area contributed by atoms with Gasteiger partial charge in [0.05, 0.1) is 36.0 Å². The van der Waals surface area contributed by atoms with Gasteiger partial charge in [-0.05, 0) is 43.3 Å². The first-order valence-corrected chi connectivity index (χ1v) is 13.4. The van der Waals surface area contributed by atoms with Gasteiger partial charge in [0.15, 0.2) is 0 Å². The fourth-order valence-corrected chi connectivity index (χ4v) is 5.01. The first-order valence-electron chi connectivity index (χ1n) is 13.4. The fourth-order valence-electron chi connectivity index (χ4n) is 5.01. The number of amides is 1. The lowest BCUT2D eigenvalue weighted by molar-refractivity contribution is -0.265. The van der Waals surface area contributed by atoms with Gasteiger partial charge in [-0.15, -0.1) is 5.10 Å². The van der Waals surface area contributed by atoms with Gasteiger partial charge in [0.25, 0.3) is 5.91 Å². The summed E-state index contributed by atoms with van der Waals surface area (Å²) in [6.07, 6.45) is -10.3. The number of ether oxygens (including phenoxy) is 2. The number of nitrogens with one attached hydrogen (secondary N) is 1. The van der Waals surface area contributed by atoms with E-state index in [-0.39, 0.29) is 28.1 Å². The van der Waals surface area contributed by atoms with E-state index in [1.807, 2.05) is 5.32 Å². The zero-order valence-electron chi connectivity index (χ0n) is 24.0. The van der Waals surface area contributed by atoms with E-state index in [9.17, 15) is 45.0 Å². The van der Waals surface area contributed by atoms with E-state index < -0.39 is 78.3 Å². The van der Waals surface area contributed by atoms with Crippen LogP contribution in [0, 0.1) is 6.92 Å². The number of rotatable bonds is 8. The summed E-state index contributed by atoms with van der Waals surface area (Å²) in [7, 11) is 1.28. The quantitative estimate of drug-likeness (QED) is 0.232. The molecule has 0 saturated carbocycles. The SMILES string of the molecule is COc1cc(C(=O)NC[C@](O)(c2cc3c(c(-c4ccc(C(F)(F)F)cc4)n2)OCC3(CF)CF)C(F)(F)F)cc2cc(C)nnc12. The number of halogens is 8. The molecule has 3 heterocycles. The summed E-state index contributed by atoms with van der Waals surface area (Å²) < 4.78 is 123. The van der Waals surface area contributed by atoms with Crippen molar-refractivity contribution >= 4 is 16.8 Å². The van der Waals surface area contributed by atoms with Gasteiger partial charge in [0.1, 0.15) is 42.7 Å².